The number of ether oxygens (including phenoxy) is 1. The minimum atomic E-state index is -1.44. The smallest absolute Gasteiger partial charge is 0.331 e. The van der Waals surface area contributed by atoms with Crippen molar-refractivity contribution >= 4 is 40.9 Å². The van der Waals surface area contributed by atoms with Crippen LogP contribution in [-0.2, 0) is 4.79 Å². The van der Waals surface area contributed by atoms with Gasteiger partial charge in [0.25, 0.3) is 0 Å². The Labute approximate surface area is 191 Å². The van der Waals surface area contributed by atoms with Crippen LogP contribution in [0.1, 0.15) is 33.1 Å². The summed E-state index contributed by atoms with van der Waals surface area (Å²) in [6.45, 7) is 4.38. The molecule has 2 aromatic rings. The van der Waals surface area contributed by atoms with Gasteiger partial charge in [-0.2, -0.15) is 0 Å². The lowest BCUT2D eigenvalue weighted by atomic mass is 9.96. The largest absolute Gasteiger partial charge is 0.478 e. The van der Waals surface area contributed by atoms with E-state index in [4.69, 9.17) is 9.84 Å². The third-order valence-corrected chi connectivity index (χ3v) is 7.40. The van der Waals surface area contributed by atoms with Crippen molar-refractivity contribution < 1.29 is 19.0 Å². The zero-order chi connectivity index (χ0) is 22.4. The Balaban J connectivity index is 2.09. The Hall–Kier alpha value is -2.12. The number of halogens is 1. The van der Waals surface area contributed by atoms with Crippen LogP contribution in [0.2, 0.25) is 0 Å². The first-order chi connectivity index (χ1) is 14.9. The first kappa shape index (κ1) is 23.5. The Kier molecular flexibility index (Phi) is 7.94. The Morgan fingerprint density at radius 2 is 2.13 bits per heavy atom. The summed E-state index contributed by atoms with van der Waals surface area (Å²) in [5.74, 6) is -0.702. The van der Waals surface area contributed by atoms with Crippen molar-refractivity contribution in [2.24, 2.45) is 5.92 Å². The summed E-state index contributed by atoms with van der Waals surface area (Å²) >= 11 is 2.74. The van der Waals surface area contributed by atoms with E-state index in [0.717, 1.165) is 52.8 Å². The molecule has 0 bridgehead atoms. The minimum Gasteiger partial charge on any atom is -0.478 e. The van der Waals surface area contributed by atoms with E-state index in [0.29, 0.717) is 12.3 Å². The summed E-state index contributed by atoms with van der Waals surface area (Å²) in [5.41, 5.74) is 1.97. The molecule has 0 amide bonds. The number of alkyl halides is 1. The Bertz CT molecular complexity index is 934. The van der Waals surface area contributed by atoms with Gasteiger partial charge in [0.1, 0.15) is 5.75 Å². The predicted molar refractivity (Wildman–Crippen MR) is 127 cm³/mol. The molecule has 0 radical (unpaired) electrons. The van der Waals surface area contributed by atoms with Gasteiger partial charge in [-0.1, -0.05) is 49.7 Å². The van der Waals surface area contributed by atoms with Crippen molar-refractivity contribution in [3.05, 3.63) is 54.8 Å². The summed E-state index contributed by atoms with van der Waals surface area (Å²) in [6.07, 6.45) is 6.86. The van der Waals surface area contributed by atoms with Crippen molar-refractivity contribution in [1.82, 2.24) is 0 Å². The van der Waals surface area contributed by atoms with E-state index < -0.39 is 11.0 Å². The fraction of sp³-hybridized carbons (Fsp3) is 0.375. The molecule has 1 N–H and O–H groups in total. The van der Waals surface area contributed by atoms with Crippen molar-refractivity contribution in [2.45, 2.75) is 47.9 Å². The lowest BCUT2D eigenvalue weighted by Gasteiger charge is -2.31. The highest BCUT2D eigenvalue weighted by atomic mass is 32.2. The molecule has 1 aliphatic heterocycles. The number of fused-ring (bicyclic) bond motifs is 1. The molecule has 0 fully saturated rings. The van der Waals surface area contributed by atoms with Gasteiger partial charge in [0.15, 0.2) is 5.00 Å². The molecule has 4 nitrogen and oxygen atoms in total. The molecule has 0 aliphatic carbocycles. The number of aliphatic carboxylic acids is 1. The Morgan fingerprint density at radius 3 is 2.77 bits per heavy atom. The van der Waals surface area contributed by atoms with E-state index in [-0.39, 0.29) is 5.92 Å². The fourth-order valence-electron chi connectivity index (χ4n) is 3.67. The van der Waals surface area contributed by atoms with E-state index in [1.165, 1.54) is 23.5 Å². The number of carbonyl (C=O) groups is 1. The highest BCUT2D eigenvalue weighted by molar-refractivity contribution is 8.00. The van der Waals surface area contributed by atoms with Gasteiger partial charge in [0.2, 0.25) is 0 Å². The summed E-state index contributed by atoms with van der Waals surface area (Å²) in [5, 5.41) is 7.40. The lowest BCUT2D eigenvalue weighted by molar-refractivity contribution is -0.131. The van der Waals surface area contributed by atoms with Crippen LogP contribution >= 0.6 is 23.5 Å². The normalized spacial score (nSPS) is 21.0. The van der Waals surface area contributed by atoms with E-state index in [2.05, 4.69) is 11.8 Å². The number of carboxylic acids is 1. The van der Waals surface area contributed by atoms with Crippen LogP contribution in [0.3, 0.4) is 0 Å². The topological polar surface area (TPSA) is 49.8 Å². The molecule has 1 aliphatic rings. The summed E-state index contributed by atoms with van der Waals surface area (Å²) < 4.78 is 21.6. The summed E-state index contributed by atoms with van der Waals surface area (Å²) in [4.78, 5) is 14.6. The average molecular weight is 462 g/mol. The maximum Gasteiger partial charge on any atom is 0.331 e. The number of para-hydroxylation sites is 1. The maximum atomic E-state index is 16.0. The minimum absolute atomic E-state index is 0.140. The van der Waals surface area contributed by atoms with E-state index in [1.807, 2.05) is 48.7 Å². The molecular weight excluding hydrogens is 433 g/mol. The molecule has 31 heavy (non-hydrogen) atoms. The fourth-order valence-corrected chi connectivity index (χ4v) is 5.44. The van der Waals surface area contributed by atoms with Crippen molar-refractivity contribution in [2.75, 3.05) is 17.7 Å². The predicted octanol–water partition coefficient (Wildman–Crippen LogP) is 7.12. The first-order valence-electron chi connectivity index (χ1n) is 10.3. The number of hydrogen-bond acceptors (Lipinski definition) is 5. The molecule has 2 atom stereocenters. The molecule has 7 heteroatoms. The van der Waals surface area contributed by atoms with Crippen LogP contribution in [0.4, 0.5) is 15.8 Å². The standard InChI is InChI=1S/C24H28FNO3S2/c1-4-5-9-17-16-26(18-10-7-6-8-11-18)19-14-22(30-3)20(29-13-12-23(27)28)15-21(19)31-24(17,2)25/h6-8,10-15,17H,4-5,9,16H2,1-3H3,(H,27,28)/b13-12+. The summed E-state index contributed by atoms with van der Waals surface area (Å²) in [7, 11) is 0. The number of hydrogen-bond donors (Lipinski definition) is 1. The molecular formula is C24H28FNO3S2. The maximum absolute atomic E-state index is 16.0. The van der Waals surface area contributed by atoms with E-state index in [1.54, 1.807) is 6.92 Å². The molecule has 0 aromatic heterocycles. The average Bonchev–Trinajstić information content (AvgIpc) is 2.84. The third-order valence-electron chi connectivity index (χ3n) is 5.36. The lowest BCUT2D eigenvalue weighted by Crippen LogP contribution is -2.34. The number of rotatable bonds is 8. The number of anilines is 2. The molecule has 0 saturated heterocycles. The Morgan fingerprint density at radius 1 is 1.39 bits per heavy atom. The summed E-state index contributed by atoms with van der Waals surface area (Å²) in [6, 6.07) is 13.9. The van der Waals surface area contributed by atoms with Gasteiger partial charge in [-0.25, -0.2) is 9.18 Å². The monoisotopic (exact) mass is 461 g/mol. The van der Waals surface area contributed by atoms with Gasteiger partial charge in [-0.15, -0.1) is 11.8 Å². The molecule has 2 unspecified atom stereocenters. The highest BCUT2D eigenvalue weighted by Crippen LogP contribution is 2.52. The van der Waals surface area contributed by atoms with Crippen molar-refractivity contribution in [3.63, 3.8) is 0 Å². The third kappa shape index (κ3) is 5.77. The van der Waals surface area contributed by atoms with Gasteiger partial charge < -0.3 is 14.7 Å². The SMILES string of the molecule is CCCCC1CN(c2ccccc2)c2cc(SC)c(O/C=C/C(=O)O)cc2SC1(C)F. The van der Waals surface area contributed by atoms with Gasteiger partial charge >= 0.3 is 5.97 Å². The second kappa shape index (κ2) is 10.5. The van der Waals surface area contributed by atoms with Crippen LogP contribution < -0.4 is 9.64 Å². The molecule has 166 valence electrons. The molecule has 0 saturated carbocycles. The zero-order valence-corrected chi connectivity index (χ0v) is 19.6. The molecule has 1 heterocycles. The van der Waals surface area contributed by atoms with E-state index >= 15 is 4.39 Å². The van der Waals surface area contributed by atoms with E-state index in [9.17, 15) is 4.79 Å². The van der Waals surface area contributed by atoms with Gasteiger partial charge in [0.05, 0.1) is 22.9 Å². The van der Waals surface area contributed by atoms with Crippen LogP contribution in [-0.4, -0.2) is 28.9 Å². The number of thioether (sulfide) groups is 2. The number of benzene rings is 2. The van der Waals surface area contributed by atoms with Gasteiger partial charge in [-0.05, 0) is 43.9 Å². The molecule has 0 spiro atoms. The van der Waals surface area contributed by atoms with Crippen LogP contribution in [0.5, 0.6) is 5.75 Å². The molecule has 3 rings (SSSR count). The number of unbranched alkanes of at least 4 members (excludes halogenated alkanes) is 1. The number of carboxylic acid groups (broad SMARTS) is 1. The molecule has 2 aromatic carbocycles. The highest BCUT2D eigenvalue weighted by Gasteiger charge is 2.40. The van der Waals surface area contributed by atoms with Gasteiger partial charge in [0, 0.05) is 23.0 Å². The van der Waals surface area contributed by atoms with Crippen LogP contribution in [0, 0.1) is 5.92 Å². The zero-order valence-electron chi connectivity index (χ0n) is 18.0. The van der Waals surface area contributed by atoms with Crippen LogP contribution in [0.15, 0.2) is 64.6 Å². The second-order valence-electron chi connectivity index (χ2n) is 7.60. The first-order valence-corrected chi connectivity index (χ1v) is 12.4. The van der Waals surface area contributed by atoms with Gasteiger partial charge in [-0.3, -0.25) is 0 Å². The quantitative estimate of drug-likeness (QED) is 0.257. The second-order valence-corrected chi connectivity index (χ2v) is 9.89. The number of nitrogens with zero attached hydrogens (tertiary/aromatic N) is 1. The van der Waals surface area contributed by atoms with Crippen molar-refractivity contribution in [1.29, 1.82) is 0 Å². The van der Waals surface area contributed by atoms with Crippen LogP contribution in [0.25, 0.3) is 0 Å². The van der Waals surface area contributed by atoms with Crippen molar-refractivity contribution in [3.8, 4) is 5.75 Å².